The third kappa shape index (κ3) is 4.31. The van der Waals surface area contributed by atoms with Gasteiger partial charge in [0.2, 0.25) is 0 Å². The molecule has 3 rings (SSSR count). The SMILES string of the molecule is CCOC(=O)CC1c2ccccc2C(=O)N(C(=O)OC(C)(C)C)c2ccccc21. The molecular weight excluding hydrogens is 370 g/mol. The van der Waals surface area contributed by atoms with Crippen LogP contribution < -0.4 is 4.90 Å². The summed E-state index contributed by atoms with van der Waals surface area (Å²) in [6, 6.07) is 14.1. The summed E-state index contributed by atoms with van der Waals surface area (Å²) in [5.41, 5.74) is 1.40. The molecule has 152 valence electrons. The second-order valence-corrected chi connectivity index (χ2v) is 7.83. The number of hydrogen-bond donors (Lipinski definition) is 0. The largest absolute Gasteiger partial charge is 0.466 e. The van der Waals surface area contributed by atoms with Gasteiger partial charge in [-0.2, -0.15) is 0 Å². The number of carbonyl (C=O) groups is 3. The number of nitrogens with zero attached hydrogens (tertiary/aromatic N) is 1. The smallest absolute Gasteiger partial charge is 0.422 e. The van der Waals surface area contributed by atoms with Gasteiger partial charge in [0, 0.05) is 11.5 Å². The Morgan fingerprint density at radius 1 is 1.00 bits per heavy atom. The van der Waals surface area contributed by atoms with Gasteiger partial charge < -0.3 is 9.47 Å². The summed E-state index contributed by atoms with van der Waals surface area (Å²) in [5.74, 6) is -1.26. The summed E-state index contributed by atoms with van der Waals surface area (Å²) in [6.45, 7) is 7.27. The molecule has 6 heteroatoms. The molecule has 1 aliphatic heterocycles. The Bertz CT molecular complexity index is 944. The van der Waals surface area contributed by atoms with E-state index in [1.807, 2.05) is 24.3 Å². The molecule has 0 spiro atoms. The lowest BCUT2D eigenvalue weighted by atomic mass is 9.86. The summed E-state index contributed by atoms with van der Waals surface area (Å²) >= 11 is 0. The van der Waals surface area contributed by atoms with Gasteiger partial charge in [0.15, 0.2) is 0 Å². The van der Waals surface area contributed by atoms with Crippen molar-refractivity contribution >= 4 is 23.7 Å². The standard InChI is InChI=1S/C23H25NO5/c1-5-28-20(25)14-18-15-10-6-7-12-17(15)21(26)24(22(27)29-23(2,3)4)19-13-9-8-11-16(18)19/h6-13,18H,5,14H2,1-4H3. The molecule has 0 fully saturated rings. The highest BCUT2D eigenvalue weighted by atomic mass is 16.6. The van der Waals surface area contributed by atoms with Crippen LogP contribution in [0.25, 0.3) is 0 Å². The molecule has 1 aliphatic rings. The van der Waals surface area contributed by atoms with Crippen molar-refractivity contribution in [2.75, 3.05) is 11.5 Å². The van der Waals surface area contributed by atoms with Crippen molar-refractivity contribution in [3.8, 4) is 0 Å². The van der Waals surface area contributed by atoms with Crippen molar-refractivity contribution in [2.45, 2.75) is 45.6 Å². The molecule has 1 atom stereocenters. The number of carbonyl (C=O) groups excluding carboxylic acids is 3. The van der Waals surface area contributed by atoms with Gasteiger partial charge in [-0.15, -0.1) is 0 Å². The summed E-state index contributed by atoms with van der Waals surface area (Å²) in [6.07, 6.45) is -0.682. The van der Waals surface area contributed by atoms with Gasteiger partial charge in [-0.05, 0) is 51.0 Å². The Labute approximate surface area is 170 Å². The molecule has 29 heavy (non-hydrogen) atoms. The van der Waals surface area contributed by atoms with Crippen LogP contribution in [0.1, 0.15) is 61.5 Å². The Morgan fingerprint density at radius 3 is 2.28 bits per heavy atom. The van der Waals surface area contributed by atoms with Crippen molar-refractivity contribution in [2.24, 2.45) is 0 Å². The molecule has 0 aliphatic carbocycles. The van der Waals surface area contributed by atoms with E-state index in [0.717, 1.165) is 4.90 Å². The van der Waals surface area contributed by atoms with E-state index in [2.05, 4.69) is 0 Å². The zero-order chi connectivity index (χ0) is 21.2. The fourth-order valence-electron chi connectivity index (χ4n) is 3.47. The monoisotopic (exact) mass is 395 g/mol. The Hall–Kier alpha value is -3.15. The van der Waals surface area contributed by atoms with Crippen molar-refractivity contribution in [3.05, 3.63) is 65.2 Å². The fourth-order valence-corrected chi connectivity index (χ4v) is 3.47. The lowest BCUT2D eigenvalue weighted by molar-refractivity contribution is -0.143. The minimum absolute atomic E-state index is 0.0668. The first kappa shape index (κ1) is 20.6. The van der Waals surface area contributed by atoms with E-state index < -0.39 is 23.5 Å². The van der Waals surface area contributed by atoms with Gasteiger partial charge >= 0.3 is 12.1 Å². The molecule has 0 bridgehead atoms. The molecule has 2 aromatic rings. The molecule has 0 radical (unpaired) electrons. The van der Waals surface area contributed by atoms with E-state index in [0.29, 0.717) is 22.4 Å². The zero-order valence-electron chi connectivity index (χ0n) is 17.1. The van der Waals surface area contributed by atoms with E-state index in [1.165, 1.54) is 0 Å². The summed E-state index contributed by atoms with van der Waals surface area (Å²) in [5, 5.41) is 0. The van der Waals surface area contributed by atoms with E-state index in [-0.39, 0.29) is 19.0 Å². The van der Waals surface area contributed by atoms with Crippen LogP contribution in [0.3, 0.4) is 0 Å². The number of benzene rings is 2. The van der Waals surface area contributed by atoms with Crippen molar-refractivity contribution in [1.82, 2.24) is 0 Å². The number of fused-ring (bicyclic) bond motifs is 2. The molecule has 0 saturated carbocycles. The average molecular weight is 395 g/mol. The molecule has 1 heterocycles. The third-order valence-corrected chi connectivity index (χ3v) is 4.57. The number of ether oxygens (including phenoxy) is 2. The predicted molar refractivity (Wildman–Crippen MR) is 109 cm³/mol. The number of rotatable bonds is 3. The van der Waals surface area contributed by atoms with Crippen LogP contribution in [0.2, 0.25) is 0 Å². The van der Waals surface area contributed by atoms with Crippen LogP contribution in [0.5, 0.6) is 0 Å². The topological polar surface area (TPSA) is 72.9 Å². The molecule has 2 aromatic carbocycles. The molecule has 1 unspecified atom stereocenters. The van der Waals surface area contributed by atoms with Crippen LogP contribution in [-0.2, 0) is 14.3 Å². The molecular formula is C23H25NO5. The maximum absolute atomic E-state index is 13.4. The molecule has 0 saturated heterocycles. The van der Waals surface area contributed by atoms with Crippen LogP contribution >= 0.6 is 0 Å². The van der Waals surface area contributed by atoms with Crippen molar-refractivity contribution < 1.29 is 23.9 Å². The molecule has 0 aromatic heterocycles. The number of para-hydroxylation sites is 1. The number of esters is 1. The number of hydrogen-bond acceptors (Lipinski definition) is 5. The van der Waals surface area contributed by atoms with Gasteiger partial charge in [-0.3, -0.25) is 9.59 Å². The maximum atomic E-state index is 13.4. The highest BCUT2D eigenvalue weighted by Crippen LogP contribution is 2.41. The number of anilines is 1. The second-order valence-electron chi connectivity index (χ2n) is 7.83. The minimum atomic E-state index is -0.761. The van der Waals surface area contributed by atoms with E-state index in [4.69, 9.17) is 9.47 Å². The van der Waals surface area contributed by atoms with Gasteiger partial charge in [0.1, 0.15) is 5.60 Å². The summed E-state index contributed by atoms with van der Waals surface area (Å²) in [7, 11) is 0. The Balaban J connectivity index is 2.18. The maximum Gasteiger partial charge on any atom is 0.422 e. The van der Waals surface area contributed by atoms with Gasteiger partial charge in [-0.1, -0.05) is 36.4 Å². The predicted octanol–water partition coefficient (Wildman–Crippen LogP) is 4.67. The first-order valence-corrected chi connectivity index (χ1v) is 9.64. The van der Waals surface area contributed by atoms with Gasteiger partial charge in [-0.25, -0.2) is 9.69 Å². The molecule has 0 N–H and O–H groups in total. The van der Waals surface area contributed by atoms with E-state index in [1.54, 1.807) is 52.0 Å². The Kier molecular flexibility index (Phi) is 5.73. The Morgan fingerprint density at radius 2 is 1.62 bits per heavy atom. The van der Waals surface area contributed by atoms with Gasteiger partial charge in [0.05, 0.1) is 18.7 Å². The highest BCUT2D eigenvalue weighted by Gasteiger charge is 2.38. The summed E-state index contributed by atoms with van der Waals surface area (Å²) < 4.78 is 10.7. The van der Waals surface area contributed by atoms with Crippen LogP contribution in [0, 0.1) is 0 Å². The summed E-state index contributed by atoms with van der Waals surface area (Å²) in [4.78, 5) is 39.7. The van der Waals surface area contributed by atoms with E-state index in [9.17, 15) is 14.4 Å². The average Bonchev–Trinajstić information content (AvgIpc) is 2.75. The normalized spacial score (nSPS) is 15.8. The first-order valence-electron chi connectivity index (χ1n) is 9.64. The minimum Gasteiger partial charge on any atom is -0.466 e. The number of amides is 2. The zero-order valence-corrected chi connectivity index (χ0v) is 17.1. The lowest BCUT2D eigenvalue weighted by Gasteiger charge is -2.26. The van der Waals surface area contributed by atoms with Crippen LogP contribution in [0.4, 0.5) is 10.5 Å². The second kappa shape index (κ2) is 8.07. The van der Waals surface area contributed by atoms with Crippen LogP contribution in [-0.4, -0.2) is 30.2 Å². The van der Waals surface area contributed by atoms with Crippen molar-refractivity contribution in [3.63, 3.8) is 0 Å². The molecule has 6 nitrogen and oxygen atoms in total. The quantitative estimate of drug-likeness (QED) is 0.707. The van der Waals surface area contributed by atoms with Crippen LogP contribution in [0.15, 0.2) is 48.5 Å². The number of imide groups is 1. The highest BCUT2D eigenvalue weighted by molar-refractivity contribution is 6.21. The third-order valence-electron chi connectivity index (χ3n) is 4.57. The van der Waals surface area contributed by atoms with E-state index >= 15 is 0 Å². The molecule has 2 amide bonds. The van der Waals surface area contributed by atoms with Gasteiger partial charge in [0.25, 0.3) is 5.91 Å². The fraction of sp³-hybridized carbons (Fsp3) is 0.348. The first-order chi connectivity index (χ1) is 13.7. The lowest BCUT2D eigenvalue weighted by Crippen LogP contribution is -2.41. The van der Waals surface area contributed by atoms with Crippen molar-refractivity contribution in [1.29, 1.82) is 0 Å².